The van der Waals surface area contributed by atoms with Crippen LogP contribution in [-0.4, -0.2) is 45.5 Å². The third-order valence-electron chi connectivity index (χ3n) is 9.59. The summed E-state index contributed by atoms with van der Waals surface area (Å²) in [5.41, 5.74) is -1.63. The summed E-state index contributed by atoms with van der Waals surface area (Å²) in [6.45, 7) is 0. The fourth-order valence-corrected chi connectivity index (χ4v) is 8.69. The molecule has 226 valence electrons. The van der Waals surface area contributed by atoms with Gasteiger partial charge in [0.15, 0.2) is 0 Å². The van der Waals surface area contributed by atoms with Gasteiger partial charge in [0.2, 0.25) is 11.8 Å². The lowest BCUT2D eigenvalue weighted by Gasteiger charge is -2.69. The molecule has 0 saturated heterocycles. The third kappa shape index (κ3) is 4.61. The van der Waals surface area contributed by atoms with E-state index in [0.717, 1.165) is 43.2 Å². The van der Waals surface area contributed by atoms with Crippen molar-refractivity contribution in [1.82, 2.24) is 20.3 Å². The van der Waals surface area contributed by atoms with Gasteiger partial charge in [-0.05, 0) is 68.6 Å². The van der Waals surface area contributed by atoms with E-state index in [1.807, 2.05) is 5.38 Å². The molecule has 43 heavy (non-hydrogen) atoms. The highest BCUT2D eigenvalue weighted by Gasteiger charge is 2.70. The molecular formula is C29H28F4N6O3S. The molecule has 0 spiro atoms. The summed E-state index contributed by atoms with van der Waals surface area (Å²) in [4.78, 5) is 40.3. The molecule has 5 fully saturated rings. The summed E-state index contributed by atoms with van der Waals surface area (Å²) in [5, 5.41) is 12.1. The number of hydrogen-bond donors (Lipinski definition) is 3. The first-order valence-corrected chi connectivity index (χ1v) is 14.9. The molecule has 8 rings (SSSR count). The van der Waals surface area contributed by atoms with E-state index in [-0.39, 0.29) is 39.9 Å². The number of carbonyl (C=O) groups excluding carboxylic acids is 2. The van der Waals surface area contributed by atoms with Crippen LogP contribution in [0.1, 0.15) is 59.5 Å². The number of thiazole rings is 1. The van der Waals surface area contributed by atoms with E-state index in [2.05, 4.69) is 30.9 Å². The zero-order valence-corrected chi connectivity index (χ0v) is 23.8. The van der Waals surface area contributed by atoms with Gasteiger partial charge in [0.05, 0.1) is 23.6 Å². The van der Waals surface area contributed by atoms with Crippen molar-refractivity contribution in [3.05, 3.63) is 58.1 Å². The fraction of sp³-hybridized carbons (Fsp3) is 0.483. The molecule has 5 aliphatic rings. The lowest BCUT2D eigenvalue weighted by atomic mass is 9.39. The monoisotopic (exact) mass is 616 g/mol. The molecule has 14 heteroatoms. The van der Waals surface area contributed by atoms with Gasteiger partial charge in [-0.25, -0.2) is 19.3 Å². The predicted octanol–water partition coefficient (Wildman–Crippen LogP) is 5.17. The van der Waals surface area contributed by atoms with Gasteiger partial charge in [-0.3, -0.25) is 9.59 Å². The Morgan fingerprint density at radius 1 is 1.09 bits per heavy atom. The lowest BCUT2D eigenvalue weighted by molar-refractivity contribution is -0.140. The van der Waals surface area contributed by atoms with Crippen molar-refractivity contribution in [1.29, 1.82) is 0 Å². The number of aromatic nitrogens is 3. The van der Waals surface area contributed by atoms with Gasteiger partial charge in [0.1, 0.15) is 23.5 Å². The number of fused-ring (bicyclic) bond motifs is 2. The van der Waals surface area contributed by atoms with E-state index in [4.69, 9.17) is 4.74 Å². The highest BCUT2D eigenvalue weighted by molar-refractivity contribution is 7.09. The van der Waals surface area contributed by atoms with Gasteiger partial charge in [-0.15, -0.1) is 11.3 Å². The Hall–Kier alpha value is -3.81. The molecule has 4 bridgehead atoms. The molecule has 9 nitrogen and oxygen atoms in total. The van der Waals surface area contributed by atoms with Crippen LogP contribution < -0.4 is 20.7 Å². The van der Waals surface area contributed by atoms with Crippen molar-refractivity contribution in [2.45, 2.75) is 61.7 Å². The van der Waals surface area contributed by atoms with Gasteiger partial charge in [0, 0.05) is 34.3 Å². The minimum atomic E-state index is -4.91. The van der Waals surface area contributed by atoms with Crippen LogP contribution in [0.4, 0.5) is 29.1 Å². The third-order valence-corrected chi connectivity index (χ3v) is 10.6. The standard InChI is InChI=1S/C29H28F4N6O3S/c1-42-25-20(22(35-13-36-25)39-28-10-27(11-28,12-28)26-34-6-7-43-26)24(41)38-21-15-3-2-14(8-15)19(21)23(40)37-16-4-5-18(30)17(9-16)29(31,32)33/h4-7,9,13-15,19,21H,2-3,8,10-12H2,1H3,(H,37,40)(H,38,41)(H,35,36,39)/t14-,15+,19+,21-,27?,28?/m1/s1. The average molecular weight is 617 g/mol. The molecule has 2 amide bonds. The van der Waals surface area contributed by atoms with Gasteiger partial charge in [0.25, 0.3) is 5.91 Å². The normalized spacial score (nSPS) is 30.3. The van der Waals surface area contributed by atoms with Crippen molar-refractivity contribution in [3.8, 4) is 5.88 Å². The molecule has 2 aromatic heterocycles. The quantitative estimate of drug-likeness (QED) is 0.299. The molecule has 4 atom stereocenters. The minimum absolute atomic E-state index is 0.0199. The van der Waals surface area contributed by atoms with Crippen LogP contribution in [-0.2, 0) is 16.4 Å². The van der Waals surface area contributed by atoms with E-state index in [9.17, 15) is 27.2 Å². The van der Waals surface area contributed by atoms with Gasteiger partial charge in [-0.2, -0.15) is 13.2 Å². The minimum Gasteiger partial charge on any atom is -0.480 e. The average Bonchev–Trinajstić information content (AvgIpc) is 3.69. The Balaban J connectivity index is 1.09. The summed E-state index contributed by atoms with van der Waals surface area (Å²) in [5.74, 6) is -2.72. The zero-order valence-electron chi connectivity index (χ0n) is 23.0. The second-order valence-corrected chi connectivity index (χ2v) is 13.1. The Morgan fingerprint density at radius 3 is 2.56 bits per heavy atom. The topological polar surface area (TPSA) is 118 Å². The number of halogens is 4. The number of alkyl halides is 3. The number of anilines is 2. The van der Waals surface area contributed by atoms with Crippen LogP contribution >= 0.6 is 11.3 Å². The predicted molar refractivity (Wildman–Crippen MR) is 148 cm³/mol. The Kier molecular flexibility index (Phi) is 6.42. The number of nitrogens with zero attached hydrogens (tertiary/aromatic N) is 3. The van der Waals surface area contributed by atoms with Crippen LogP contribution in [0, 0.1) is 23.6 Å². The molecule has 5 saturated carbocycles. The van der Waals surface area contributed by atoms with Crippen LogP contribution in [0.5, 0.6) is 5.88 Å². The van der Waals surface area contributed by atoms with E-state index in [0.29, 0.717) is 24.4 Å². The van der Waals surface area contributed by atoms with Crippen molar-refractivity contribution in [2.24, 2.45) is 17.8 Å². The molecule has 5 aliphatic carbocycles. The summed E-state index contributed by atoms with van der Waals surface area (Å²) < 4.78 is 58.9. The maximum Gasteiger partial charge on any atom is 0.419 e. The lowest BCUT2D eigenvalue weighted by Crippen LogP contribution is -2.73. The second-order valence-electron chi connectivity index (χ2n) is 12.2. The zero-order chi connectivity index (χ0) is 30.1. The highest BCUT2D eigenvalue weighted by atomic mass is 32.1. The molecule has 0 unspecified atom stereocenters. The van der Waals surface area contributed by atoms with Crippen LogP contribution in [0.25, 0.3) is 0 Å². The SMILES string of the molecule is COc1ncnc(NC23CC(c4nccs4)(C2)C3)c1C(=O)N[C@@H]1[C@H]2CC[C@H](C2)[C@@H]1C(=O)Nc1ccc(F)c(C(F)(F)F)c1. The smallest absolute Gasteiger partial charge is 0.419 e. The van der Waals surface area contributed by atoms with E-state index < -0.39 is 41.3 Å². The second kappa shape index (κ2) is 9.86. The van der Waals surface area contributed by atoms with Gasteiger partial charge >= 0.3 is 6.18 Å². The molecule has 2 heterocycles. The first kappa shape index (κ1) is 28.0. The van der Waals surface area contributed by atoms with E-state index >= 15 is 0 Å². The van der Waals surface area contributed by atoms with Crippen molar-refractivity contribution in [2.75, 3.05) is 17.7 Å². The summed E-state index contributed by atoms with van der Waals surface area (Å²) in [6.07, 6.45) is 3.11. The number of rotatable bonds is 8. The van der Waals surface area contributed by atoms with Crippen molar-refractivity contribution >= 4 is 34.7 Å². The molecular weight excluding hydrogens is 588 g/mol. The van der Waals surface area contributed by atoms with Crippen LogP contribution in [0.15, 0.2) is 36.1 Å². The number of nitrogens with one attached hydrogen (secondary N) is 3. The Morgan fingerprint density at radius 2 is 1.86 bits per heavy atom. The number of amides is 2. The molecule has 3 N–H and O–H groups in total. The summed E-state index contributed by atoms with van der Waals surface area (Å²) >= 11 is 1.64. The van der Waals surface area contributed by atoms with Crippen LogP contribution in [0.2, 0.25) is 0 Å². The first-order valence-electron chi connectivity index (χ1n) is 14.1. The number of methoxy groups -OCH3 is 1. The maximum absolute atomic E-state index is 13.8. The van der Waals surface area contributed by atoms with Gasteiger partial charge < -0.3 is 20.7 Å². The Labute approximate surface area is 247 Å². The largest absolute Gasteiger partial charge is 0.480 e. The Bertz CT molecular complexity index is 1580. The molecule has 0 aliphatic heterocycles. The fourth-order valence-electron chi connectivity index (χ4n) is 7.85. The number of benzene rings is 1. The van der Waals surface area contributed by atoms with Crippen molar-refractivity contribution < 1.29 is 31.9 Å². The molecule has 0 radical (unpaired) electrons. The number of hydrogen-bond acceptors (Lipinski definition) is 8. The van der Waals surface area contributed by atoms with Crippen LogP contribution in [0.3, 0.4) is 0 Å². The first-order chi connectivity index (χ1) is 20.5. The van der Waals surface area contributed by atoms with E-state index in [1.54, 1.807) is 17.5 Å². The maximum atomic E-state index is 13.8. The highest BCUT2D eigenvalue weighted by Crippen LogP contribution is 2.69. The van der Waals surface area contributed by atoms with E-state index in [1.165, 1.54) is 13.4 Å². The summed E-state index contributed by atoms with van der Waals surface area (Å²) in [6, 6.07) is 1.80. The molecule has 1 aromatic carbocycles. The molecule has 3 aromatic rings. The van der Waals surface area contributed by atoms with Gasteiger partial charge in [-0.1, -0.05) is 0 Å². The van der Waals surface area contributed by atoms with Crippen molar-refractivity contribution in [3.63, 3.8) is 0 Å². The number of carbonyl (C=O) groups is 2. The number of ether oxygens (including phenoxy) is 1. The summed E-state index contributed by atoms with van der Waals surface area (Å²) in [7, 11) is 1.41.